The zero-order chi connectivity index (χ0) is 51.5. The van der Waals surface area contributed by atoms with E-state index in [0.717, 1.165) is 38.5 Å². The van der Waals surface area contributed by atoms with Gasteiger partial charge in [-0.05, 0) is 31.6 Å². The molecule has 14 atom stereocenters. The molecule has 2 saturated heterocycles. The summed E-state index contributed by atoms with van der Waals surface area (Å²) in [6, 6.07) is 0. The number of hydrogen-bond donors (Lipinski definition) is 7. The van der Waals surface area contributed by atoms with E-state index in [4.69, 9.17) is 23.7 Å². The minimum atomic E-state index is -1.85. The highest BCUT2D eigenvalue weighted by Gasteiger charge is 2.53. The molecule has 0 aliphatic carbocycles. The third kappa shape index (κ3) is 26.2. The van der Waals surface area contributed by atoms with Crippen LogP contribution < -0.4 is 0 Å². The van der Waals surface area contributed by atoms with E-state index in [-0.39, 0.29) is 12.3 Å². The average Bonchev–Trinajstić information content (AvgIpc) is 3.35. The molecule has 0 aromatic carbocycles. The lowest BCUT2D eigenvalue weighted by molar-refractivity contribution is -0.377. The van der Waals surface area contributed by atoms with Gasteiger partial charge in [-0.3, -0.25) is 9.59 Å². The van der Waals surface area contributed by atoms with Gasteiger partial charge in [0.25, 0.3) is 0 Å². The van der Waals surface area contributed by atoms with Gasteiger partial charge < -0.3 is 59.4 Å². The van der Waals surface area contributed by atoms with E-state index in [1.54, 1.807) is 0 Å². The number of hydrogen-bond acceptors (Lipinski definition) is 14. The minimum absolute atomic E-state index is 0.00546. The second-order valence-corrected chi connectivity index (χ2v) is 21.4. The molecule has 0 spiro atoms. The monoisotopic (exact) mass is 1000 g/mol. The molecule has 14 nitrogen and oxygen atoms in total. The Morgan fingerprint density at radius 1 is 0.486 bits per heavy atom. The predicted octanol–water partition coefficient (Wildman–Crippen LogP) is 9.89. The maximum Gasteiger partial charge on any atom is 0.311 e. The minimum Gasteiger partial charge on any atom is -0.455 e. The first-order chi connectivity index (χ1) is 33.8. The molecule has 0 bridgehead atoms. The number of esters is 2. The molecule has 2 heterocycles. The van der Waals surface area contributed by atoms with Crippen LogP contribution in [0.4, 0.5) is 0 Å². The van der Waals surface area contributed by atoms with Crippen LogP contribution in [0.3, 0.4) is 0 Å². The van der Waals surface area contributed by atoms with Crippen LogP contribution in [0.1, 0.15) is 247 Å². The molecule has 14 heteroatoms. The Bertz CT molecular complexity index is 1270. The van der Waals surface area contributed by atoms with Crippen molar-refractivity contribution in [3.63, 3.8) is 0 Å². The van der Waals surface area contributed by atoms with Gasteiger partial charge in [0.1, 0.15) is 36.6 Å². The summed E-state index contributed by atoms with van der Waals surface area (Å²) in [6.45, 7) is 8.59. The van der Waals surface area contributed by atoms with Crippen LogP contribution >= 0.6 is 0 Å². The Morgan fingerprint density at radius 2 is 0.886 bits per heavy atom. The van der Waals surface area contributed by atoms with Crippen molar-refractivity contribution in [2.24, 2.45) is 17.8 Å². The van der Waals surface area contributed by atoms with Gasteiger partial charge in [0.15, 0.2) is 18.5 Å². The summed E-state index contributed by atoms with van der Waals surface area (Å²) in [5, 5.41) is 74.4. The van der Waals surface area contributed by atoms with E-state index in [1.165, 1.54) is 161 Å². The van der Waals surface area contributed by atoms with Crippen LogP contribution in [0.2, 0.25) is 0 Å². The maximum absolute atomic E-state index is 13.8. The number of carbonyl (C=O) groups excluding carboxylic acids is 2. The molecule has 2 rings (SSSR count). The summed E-state index contributed by atoms with van der Waals surface area (Å²) in [4.78, 5) is 27.3. The van der Waals surface area contributed by atoms with Gasteiger partial charge in [0, 0.05) is 6.42 Å². The Labute approximate surface area is 424 Å². The van der Waals surface area contributed by atoms with Crippen LogP contribution in [0, 0.1) is 17.8 Å². The van der Waals surface area contributed by atoms with E-state index in [2.05, 4.69) is 20.8 Å². The number of aliphatic hydroxyl groups excluding tert-OH is 7. The molecule has 4 unspecified atom stereocenters. The number of aliphatic hydroxyl groups is 7. The van der Waals surface area contributed by atoms with Crippen molar-refractivity contribution < 1.29 is 69.0 Å². The summed E-state index contributed by atoms with van der Waals surface area (Å²) in [5.41, 5.74) is 0. The van der Waals surface area contributed by atoms with E-state index >= 15 is 0 Å². The fraction of sp³-hybridized carbons (Fsp3) is 0.964. The predicted molar refractivity (Wildman–Crippen MR) is 274 cm³/mol. The lowest BCUT2D eigenvalue weighted by Gasteiger charge is -2.46. The molecule has 70 heavy (non-hydrogen) atoms. The van der Waals surface area contributed by atoms with Crippen LogP contribution in [0.15, 0.2) is 0 Å². The molecule has 2 aliphatic rings. The molecule has 0 aromatic rings. The number of rotatable bonds is 43. The Kier molecular flexibility index (Phi) is 36.9. The number of carbonyl (C=O) groups is 2. The number of unbranched alkanes of at least 4 members (excludes halogenated alkanes) is 28. The Morgan fingerprint density at radius 3 is 1.33 bits per heavy atom. The Hall–Kier alpha value is -1.46. The molecule has 0 radical (unpaired) electrons. The lowest BCUT2D eigenvalue weighted by atomic mass is 9.85. The van der Waals surface area contributed by atoms with Crippen molar-refractivity contribution in [1.29, 1.82) is 0 Å². The lowest BCUT2D eigenvalue weighted by Crippen LogP contribution is -2.65. The van der Waals surface area contributed by atoms with Gasteiger partial charge in [-0.2, -0.15) is 0 Å². The summed E-state index contributed by atoms with van der Waals surface area (Å²) < 4.78 is 29.0. The standard InChI is InChI=1S/C56H106O14/c1-6-8-10-12-14-16-18-20-21-22-23-25-26-28-30-32-34-36-41(3)38-42(4)47(60)43(5)54(65)69-52-49(62)45(40-58)67-56(70-55-51(64)50(63)48(61)44(39-57)66-55)53(52)68-46(59)37-35-33-31-29-27-24-19-17-15-13-11-9-7-2/h41-45,47-53,55-58,60-64H,6-40H2,1-5H3/t41-,42-,43-,44?,45?,47-,48+,49+,50?,51-,52?,53+,55+,56+/m0/s1. The highest BCUT2D eigenvalue weighted by atomic mass is 16.8. The van der Waals surface area contributed by atoms with E-state index in [1.807, 2.05) is 6.92 Å². The van der Waals surface area contributed by atoms with Gasteiger partial charge in [-0.1, -0.05) is 220 Å². The van der Waals surface area contributed by atoms with E-state index < -0.39 is 98.6 Å². The van der Waals surface area contributed by atoms with Crippen LogP contribution in [0.25, 0.3) is 0 Å². The molecular formula is C56H106O14. The number of ether oxygens (including phenoxy) is 5. The zero-order valence-corrected chi connectivity index (χ0v) is 44.8. The first kappa shape index (κ1) is 64.7. The normalized spacial score (nSPS) is 26.7. The smallest absolute Gasteiger partial charge is 0.311 e. The fourth-order valence-electron chi connectivity index (χ4n) is 10.2. The SMILES string of the molecule is CCCCCCCCCCCCCCCCCCC[C@H](C)C[C@H](C)[C@H](O)[C@H](C)C(=O)OC1[C@H](O)C(CO)O[C@H](O[C@H]2OC(CO)[C@@H](O)C(O)[C@@H]2O)[C@@H]1OC(=O)CCCCCCCCCCCCCCC. The topological polar surface area (TPSA) is 222 Å². The fourth-order valence-corrected chi connectivity index (χ4v) is 10.2. The maximum atomic E-state index is 13.8. The highest BCUT2D eigenvalue weighted by molar-refractivity contribution is 5.73. The van der Waals surface area contributed by atoms with E-state index in [0.29, 0.717) is 18.8 Å². The van der Waals surface area contributed by atoms with Crippen LogP contribution in [-0.2, 0) is 33.3 Å². The van der Waals surface area contributed by atoms with Crippen molar-refractivity contribution in [2.45, 2.75) is 314 Å². The van der Waals surface area contributed by atoms with Crippen molar-refractivity contribution in [3.8, 4) is 0 Å². The van der Waals surface area contributed by atoms with Crippen LogP contribution in [-0.4, -0.2) is 128 Å². The summed E-state index contributed by atoms with van der Waals surface area (Å²) in [6.07, 6.45) is 21.2. The summed E-state index contributed by atoms with van der Waals surface area (Å²) >= 11 is 0. The zero-order valence-electron chi connectivity index (χ0n) is 44.8. The molecule has 2 aliphatic heterocycles. The van der Waals surface area contributed by atoms with Crippen molar-refractivity contribution >= 4 is 11.9 Å². The molecule has 0 amide bonds. The third-order valence-electron chi connectivity index (χ3n) is 15.0. The second kappa shape index (κ2) is 39.9. The quantitative estimate of drug-likeness (QED) is 0.0223. The Balaban J connectivity index is 1.91. The largest absolute Gasteiger partial charge is 0.455 e. The van der Waals surface area contributed by atoms with Gasteiger partial charge in [-0.25, -0.2) is 0 Å². The third-order valence-corrected chi connectivity index (χ3v) is 15.0. The molecular weight excluding hydrogens is 897 g/mol. The van der Waals surface area contributed by atoms with Crippen molar-refractivity contribution in [1.82, 2.24) is 0 Å². The van der Waals surface area contributed by atoms with Gasteiger partial charge in [0.2, 0.25) is 6.29 Å². The van der Waals surface area contributed by atoms with Crippen molar-refractivity contribution in [2.75, 3.05) is 13.2 Å². The highest BCUT2D eigenvalue weighted by Crippen LogP contribution is 2.33. The second-order valence-electron chi connectivity index (χ2n) is 21.4. The average molecular weight is 1000 g/mol. The molecule has 414 valence electrons. The summed E-state index contributed by atoms with van der Waals surface area (Å²) in [5.74, 6) is -2.54. The molecule has 0 saturated carbocycles. The van der Waals surface area contributed by atoms with Gasteiger partial charge in [-0.15, -0.1) is 0 Å². The van der Waals surface area contributed by atoms with Crippen molar-refractivity contribution in [3.05, 3.63) is 0 Å². The van der Waals surface area contributed by atoms with Crippen LogP contribution in [0.5, 0.6) is 0 Å². The summed E-state index contributed by atoms with van der Waals surface area (Å²) in [7, 11) is 0. The molecule has 2 fully saturated rings. The first-order valence-corrected chi connectivity index (χ1v) is 28.8. The van der Waals surface area contributed by atoms with Gasteiger partial charge >= 0.3 is 11.9 Å². The molecule has 0 aromatic heterocycles. The molecule has 7 N–H and O–H groups in total. The van der Waals surface area contributed by atoms with E-state index in [9.17, 15) is 45.3 Å². The van der Waals surface area contributed by atoms with Gasteiger partial charge in [0.05, 0.1) is 25.2 Å². The first-order valence-electron chi connectivity index (χ1n) is 28.8.